The van der Waals surface area contributed by atoms with E-state index in [2.05, 4.69) is 4.98 Å². The molecule has 2 aromatic heterocycles. The van der Waals surface area contributed by atoms with E-state index in [0.717, 1.165) is 11.3 Å². The third-order valence-electron chi connectivity index (χ3n) is 3.55. The molecule has 0 aliphatic rings. The number of hydrogen-bond acceptors (Lipinski definition) is 4. The van der Waals surface area contributed by atoms with Gasteiger partial charge < -0.3 is 4.98 Å². The SMILES string of the molecule is CC(=O)c1cc2c(Cl)ccc(N(C)S(=O)(=O)c3cccs3)c2[nH]1. The highest BCUT2D eigenvalue weighted by atomic mass is 35.5. The van der Waals surface area contributed by atoms with Crippen molar-refractivity contribution in [3.8, 4) is 0 Å². The Hall–Kier alpha value is -1.83. The first-order valence-electron chi connectivity index (χ1n) is 6.67. The molecule has 0 saturated heterocycles. The number of ketones is 1. The standard InChI is InChI=1S/C15H13ClN2O3S2/c1-9(19)12-8-10-11(16)5-6-13(15(10)17-12)18(2)23(20,21)14-4-3-7-22-14/h3-8,17H,1-2H3. The Balaban J connectivity index is 2.20. The minimum Gasteiger partial charge on any atom is -0.350 e. The summed E-state index contributed by atoms with van der Waals surface area (Å²) in [4.78, 5) is 14.6. The van der Waals surface area contributed by atoms with Crippen LogP contribution in [0.1, 0.15) is 17.4 Å². The molecule has 3 rings (SSSR count). The van der Waals surface area contributed by atoms with Gasteiger partial charge in [0.25, 0.3) is 10.0 Å². The number of nitrogens with one attached hydrogen (secondary N) is 1. The normalized spacial score (nSPS) is 11.8. The number of Topliss-reactive ketones (excluding diaryl/α,β-unsaturated/α-hetero) is 1. The predicted molar refractivity (Wildman–Crippen MR) is 93.2 cm³/mol. The maximum absolute atomic E-state index is 12.7. The molecule has 0 atom stereocenters. The fourth-order valence-electron chi connectivity index (χ4n) is 2.30. The highest BCUT2D eigenvalue weighted by Crippen LogP contribution is 2.35. The van der Waals surface area contributed by atoms with Crippen molar-refractivity contribution in [1.82, 2.24) is 4.98 Å². The number of benzene rings is 1. The van der Waals surface area contributed by atoms with E-state index in [1.54, 1.807) is 35.7 Å². The molecule has 0 bridgehead atoms. The first kappa shape index (κ1) is 16.0. The minimum absolute atomic E-state index is 0.146. The fraction of sp³-hybridized carbons (Fsp3) is 0.133. The molecule has 0 spiro atoms. The quantitative estimate of drug-likeness (QED) is 0.710. The summed E-state index contributed by atoms with van der Waals surface area (Å²) in [6.07, 6.45) is 0. The first-order valence-corrected chi connectivity index (χ1v) is 9.36. The van der Waals surface area contributed by atoms with Gasteiger partial charge in [0.1, 0.15) is 4.21 Å². The van der Waals surface area contributed by atoms with Crippen LogP contribution < -0.4 is 4.31 Å². The summed E-state index contributed by atoms with van der Waals surface area (Å²) >= 11 is 7.32. The van der Waals surface area contributed by atoms with Crippen LogP contribution in [0.2, 0.25) is 5.02 Å². The largest absolute Gasteiger partial charge is 0.350 e. The molecule has 1 aromatic carbocycles. The van der Waals surface area contributed by atoms with Gasteiger partial charge in [-0.3, -0.25) is 9.10 Å². The number of fused-ring (bicyclic) bond motifs is 1. The zero-order chi connectivity index (χ0) is 16.8. The van der Waals surface area contributed by atoms with E-state index in [1.807, 2.05) is 0 Å². The number of aromatic nitrogens is 1. The van der Waals surface area contributed by atoms with E-state index >= 15 is 0 Å². The summed E-state index contributed by atoms with van der Waals surface area (Å²) in [5.74, 6) is -0.146. The van der Waals surface area contributed by atoms with Crippen LogP contribution in [0.5, 0.6) is 0 Å². The molecule has 0 aliphatic heterocycles. The van der Waals surface area contributed by atoms with Crippen LogP contribution in [0.15, 0.2) is 39.9 Å². The van der Waals surface area contributed by atoms with Gasteiger partial charge in [-0.1, -0.05) is 17.7 Å². The Labute approximate surface area is 142 Å². The zero-order valence-electron chi connectivity index (χ0n) is 12.3. The van der Waals surface area contributed by atoms with Crippen molar-refractivity contribution >= 4 is 55.3 Å². The van der Waals surface area contributed by atoms with Gasteiger partial charge in [0.2, 0.25) is 0 Å². The van der Waals surface area contributed by atoms with Gasteiger partial charge in [-0.05, 0) is 29.6 Å². The number of hydrogen-bond donors (Lipinski definition) is 1. The molecule has 0 aliphatic carbocycles. The number of thiophene rings is 1. The lowest BCUT2D eigenvalue weighted by Crippen LogP contribution is -2.26. The summed E-state index contributed by atoms with van der Waals surface area (Å²) in [5, 5.41) is 2.78. The van der Waals surface area contributed by atoms with E-state index in [-0.39, 0.29) is 9.99 Å². The minimum atomic E-state index is -3.66. The Morgan fingerprint density at radius 1 is 1.30 bits per heavy atom. The molecule has 23 heavy (non-hydrogen) atoms. The number of anilines is 1. The summed E-state index contributed by atoms with van der Waals surface area (Å²) in [6.45, 7) is 1.43. The maximum Gasteiger partial charge on any atom is 0.273 e. The number of halogens is 1. The van der Waals surface area contributed by atoms with Gasteiger partial charge in [-0.2, -0.15) is 0 Å². The Kier molecular flexibility index (Phi) is 3.95. The van der Waals surface area contributed by atoms with Crippen LogP contribution in [0.25, 0.3) is 10.9 Å². The third-order valence-corrected chi connectivity index (χ3v) is 7.02. The molecular formula is C15H13ClN2O3S2. The van der Waals surface area contributed by atoms with E-state index in [0.29, 0.717) is 27.3 Å². The molecule has 8 heteroatoms. The third kappa shape index (κ3) is 2.65. The van der Waals surface area contributed by atoms with Gasteiger partial charge in [-0.25, -0.2) is 8.42 Å². The van der Waals surface area contributed by atoms with Gasteiger partial charge in [0, 0.05) is 19.4 Å². The lowest BCUT2D eigenvalue weighted by atomic mass is 10.2. The second-order valence-electron chi connectivity index (χ2n) is 5.00. The summed E-state index contributed by atoms with van der Waals surface area (Å²) in [6, 6.07) is 8.12. The van der Waals surface area contributed by atoms with Crippen LogP contribution in [0.3, 0.4) is 0 Å². The van der Waals surface area contributed by atoms with Crippen molar-refractivity contribution in [3.63, 3.8) is 0 Å². The van der Waals surface area contributed by atoms with Crippen LogP contribution >= 0.6 is 22.9 Å². The smallest absolute Gasteiger partial charge is 0.273 e. The number of aromatic amines is 1. The number of carbonyl (C=O) groups is 1. The number of H-pyrrole nitrogens is 1. The Bertz CT molecular complexity index is 991. The monoisotopic (exact) mass is 368 g/mol. The second-order valence-corrected chi connectivity index (χ2v) is 8.55. The highest BCUT2D eigenvalue weighted by molar-refractivity contribution is 7.94. The molecule has 5 nitrogen and oxygen atoms in total. The molecule has 0 saturated carbocycles. The van der Waals surface area contributed by atoms with Crippen molar-refractivity contribution in [2.45, 2.75) is 11.1 Å². The zero-order valence-corrected chi connectivity index (χ0v) is 14.7. The predicted octanol–water partition coefficient (Wildman–Crippen LogP) is 3.91. The van der Waals surface area contributed by atoms with Crippen molar-refractivity contribution in [3.05, 3.63) is 46.4 Å². The van der Waals surface area contributed by atoms with Crippen molar-refractivity contribution in [2.75, 3.05) is 11.4 Å². The van der Waals surface area contributed by atoms with Crippen molar-refractivity contribution in [2.24, 2.45) is 0 Å². The molecule has 0 unspecified atom stereocenters. The molecule has 3 aromatic rings. The number of rotatable bonds is 4. The van der Waals surface area contributed by atoms with Crippen LogP contribution in [0, 0.1) is 0 Å². The summed E-state index contributed by atoms with van der Waals surface area (Å²) in [7, 11) is -2.18. The lowest BCUT2D eigenvalue weighted by molar-refractivity contribution is 0.101. The number of nitrogens with zero attached hydrogens (tertiary/aromatic N) is 1. The van der Waals surface area contributed by atoms with Gasteiger partial charge in [-0.15, -0.1) is 11.3 Å². The van der Waals surface area contributed by atoms with Crippen molar-refractivity contribution in [1.29, 1.82) is 0 Å². The summed E-state index contributed by atoms with van der Waals surface area (Å²) in [5.41, 5.74) is 1.34. The molecule has 0 radical (unpaired) electrons. The van der Waals surface area contributed by atoms with Gasteiger partial charge in [0.15, 0.2) is 5.78 Å². The van der Waals surface area contributed by atoms with Crippen LogP contribution in [-0.2, 0) is 10.0 Å². The van der Waals surface area contributed by atoms with Gasteiger partial charge >= 0.3 is 0 Å². The average Bonchev–Trinajstić information content (AvgIpc) is 3.17. The molecule has 1 N–H and O–H groups in total. The van der Waals surface area contributed by atoms with Gasteiger partial charge in [0.05, 0.1) is 21.9 Å². The number of sulfonamides is 1. The number of carbonyl (C=O) groups excluding carboxylic acids is 1. The van der Waals surface area contributed by atoms with E-state index in [9.17, 15) is 13.2 Å². The lowest BCUT2D eigenvalue weighted by Gasteiger charge is -2.19. The molecule has 0 amide bonds. The van der Waals surface area contributed by atoms with Crippen LogP contribution in [-0.4, -0.2) is 26.2 Å². The summed E-state index contributed by atoms with van der Waals surface area (Å²) < 4.78 is 26.8. The fourth-order valence-corrected chi connectivity index (χ4v) is 4.88. The highest BCUT2D eigenvalue weighted by Gasteiger charge is 2.25. The molecule has 0 fully saturated rings. The second kappa shape index (κ2) is 5.67. The van der Waals surface area contributed by atoms with E-state index in [1.165, 1.54) is 18.3 Å². The van der Waals surface area contributed by atoms with E-state index in [4.69, 9.17) is 11.6 Å². The first-order chi connectivity index (χ1) is 10.8. The Morgan fingerprint density at radius 3 is 2.65 bits per heavy atom. The maximum atomic E-state index is 12.7. The van der Waals surface area contributed by atoms with Crippen LogP contribution in [0.4, 0.5) is 5.69 Å². The molecule has 120 valence electrons. The molecular weight excluding hydrogens is 356 g/mol. The Morgan fingerprint density at radius 2 is 2.04 bits per heavy atom. The average molecular weight is 369 g/mol. The molecule has 2 heterocycles. The van der Waals surface area contributed by atoms with E-state index < -0.39 is 10.0 Å². The van der Waals surface area contributed by atoms with Crippen molar-refractivity contribution < 1.29 is 13.2 Å². The topological polar surface area (TPSA) is 70.2 Å².